The van der Waals surface area contributed by atoms with E-state index >= 15 is 0 Å². The molecule has 1 N–H and O–H groups in total. The van der Waals surface area contributed by atoms with E-state index in [1.54, 1.807) is 18.2 Å². The number of halogens is 3. The van der Waals surface area contributed by atoms with Crippen LogP contribution in [0.1, 0.15) is 29.5 Å². The van der Waals surface area contributed by atoms with Crippen LogP contribution in [0.15, 0.2) is 65.6 Å². The van der Waals surface area contributed by atoms with Gasteiger partial charge in [0.15, 0.2) is 11.5 Å². The molecule has 3 aromatic carbocycles. The van der Waals surface area contributed by atoms with Crippen LogP contribution in [0, 0.1) is 0 Å². The summed E-state index contributed by atoms with van der Waals surface area (Å²) in [6.45, 7) is 0.111. The van der Waals surface area contributed by atoms with Crippen LogP contribution in [0.4, 0.5) is 13.2 Å². The Morgan fingerprint density at radius 3 is 2.31 bits per heavy atom. The third-order valence-corrected chi connectivity index (χ3v) is 8.14. The lowest BCUT2D eigenvalue weighted by Gasteiger charge is -2.18. The largest absolute Gasteiger partial charge is 0.454 e. The minimum Gasteiger partial charge on any atom is -0.454 e. The molecule has 0 unspecified atom stereocenters. The molecule has 2 aliphatic rings. The first-order valence-electron chi connectivity index (χ1n) is 11.2. The monoisotopic (exact) mass is 517 g/mol. The molecule has 1 heterocycles. The van der Waals surface area contributed by atoms with Crippen molar-refractivity contribution >= 4 is 15.8 Å². The molecule has 0 amide bonds. The van der Waals surface area contributed by atoms with Gasteiger partial charge in [0.25, 0.3) is 0 Å². The van der Waals surface area contributed by atoms with Crippen molar-refractivity contribution in [2.45, 2.75) is 35.7 Å². The molecule has 1 saturated carbocycles. The van der Waals surface area contributed by atoms with Crippen LogP contribution in [-0.4, -0.2) is 28.0 Å². The summed E-state index contributed by atoms with van der Waals surface area (Å²) in [6.07, 6.45) is -3.56. The number of benzene rings is 3. The number of nitrogens with one attached hydrogen (secondary N) is 1. The number of ether oxygens (including phenoxy) is 2. The van der Waals surface area contributed by atoms with Crippen molar-refractivity contribution in [2.75, 3.05) is 13.8 Å². The lowest BCUT2D eigenvalue weighted by molar-refractivity contribution is -0.137. The molecule has 0 bridgehead atoms. The maximum Gasteiger partial charge on any atom is 0.417 e. The van der Waals surface area contributed by atoms with Crippen LogP contribution in [-0.2, 0) is 32.8 Å². The summed E-state index contributed by atoms with van der Waals surface area (Å²) >= 11 is 0. The smallest absolute Gasteiger partial charge is 0.417 e. The average molecular weight is 518 g/mol. The molecule has 0 saturated heterocycles. The second kappa shape index (κ2) is 8.63. The Bertz CT molecular complexity index is 1450. The van der Waals surface area contributed by atoms with Gasteiger partial charge in [-0.3, -0.25) is 4.79 Å². The van der Waals surface area contributed by atoms with Crippen LogP contribution in [0.3, 0.4) is 0 Å². The van der Waals surface area contributed by atoms with E-state index in [1.165, 1.54) is 43.4 Å². The van der Waals surface area contributed by atoms with Gasteiger partial charge in [0.05, 0.1) is 15.9 Å². The van der Waals surface area contributed by atoms with Crippen molar-refractivity contribution in [3.63, 3.8) is 0 Å². The molecule has 36 heavy (non-hydrogen) atoms. The van der Waals surface area contributed by atoms with E-state index in [9.17, 15) is 26.4 Å². The SMILES string of the molecule is CNS(=O)(=O)c1ccc(-c2ccc(CC(=O)C3(c4ccc5c(c4)OCO5)CC3)cc2C(F)(F)F)cc1. The quantitative estimate of drug-likeness (QED) is 0.485. The van der Waals surface area contributed by atoms with E-state index in [0.29, 0.717) is 24.3 Å². The first kappa shape index (κ1) is 24.3. The number of carbonyl (C=O) groups excluding carboxylic acids is 1. The first-order valence-corrected chi connectivity index (χ1v) is 12.7. The number of carbonyl (C=O) groups is 1. The fraction of sp³-hybridized carbons (Fsp3) is 0.269. The van der Waals surface area contributed by atoms with Crippen molar-refractivity contribution in [1.82, 2.24) is 4.72 Å². The molecule has 1 aliphatic carbocycles. The molecular weight excluding hydrogens is 495 g/mol. The van der Waals surface area contributed by atoms with Crippen molar-refractivity contribution in [1.29, 1.82) is 0 Å². The summed E-state index contributed by atoms with van der Waals surface area (Å²) in [6, 6.07) is 14.3. The highest BCUT2D eigenvalue weighted by atomic mass is 32.2. The molecule has 5 rings (SSSR count). The van der Waals surface area contributed by atoms with E-state index < -0.39 is 27.2 Å². The van der Waals surface area contributed by atoms with Gasteiger partial charge in [-0.1, -0.05) is 30.3 Å². The van der Waals surface area contributed by atoms with Crippen molar-refractivity contribution in [2.24, 2.45) is 0 Å². The summed E-state index contributed by atoms with van der Waals surface area (Å²) in [4.78, 5) is 13.2. The minimum atomic E-state index is -4.67. The molecule has 0 atom stereocenters. The van der Waals surface area contributed by atoms with Crippen LogP contribution in [0.2, 0.25) is 0 Å². The highest BCUT2D eigenvalue weighted by Gasteiger charge is 2.51. The molecule has 10 heteroatoms. The Morgan fingerprint density at radius 2 is 1.67 bits per heavy atom. The van der Waals surface area contributed by atoms with Crippen molar-refractivity contribution in [3.8, 4) is 22.6 Å². The van der Waals surface area contributed by atoms with Gasteiger partial charge in [-0.05, 0) is 72.5 Å². The molecule has 1 fully saturated rings. The number of Topliss-reactive ketones (excluding diaryl/α,β-unsaturated/α-hetero) is 1. The van der Waals surface area contributed by atoms with Gasteiger partial charge in [0.1, 0.15) is 5.78 Å². The molecule has 0 aromatic heterocycles. The molecular formula is C26H22F3NO5S. The Kier molecular flexibility index (Phi) is 5.83. The Balaban J connectivity index is 1.43. The predicted octanol–water partition coefficient (Wildman–Crippen LogP) is 4.85. The van der Waals surface area contributed by atoms with Gasteiger partial charge in [-0.15, -0.1) is 0 Å². The Labute approximate surface area is 206 Å². The zero-order valence-corrected chi connectivity index (χ0v) is 20.0. The predicted molar refractivity (Wildman–Crippen MR) is 125 cm³/mol. The fourth-order valence-corrected chi connectivity index (χ4v) is 5.25. The maximum atomic E-state index is 14.0. The number of hydrogen-bond donors (Lipinski definition) is 1. The zero-order valence-electron chi connectivity index (χ0n) is 19.2. The fourth-order valence-electron chi connectivity index (χ4n) is 4.52. The molecule has 0 spiro atoms. The normalized spacial score (nSPS) is 16.1. The summed E-state index contributed by atoms with van der Waals surface area (Å²) in [5.41, 5.74) is -0.450. The number of fused-ring (bicyclic) bond motifs is 1. The van der Waals surface area contributed by atoms with E-state index in [-0.39, 0.29) is 40.6 Å². The number of alkyl halides is 3. The van der Waals surface area contributed by atoms with Crippen LogP contribution in [0.5, 0.6) is 11.5 Å². The van der Waals surface area contributed by atoms with E-state index in [4.69, 9.17) is 9.47 Å². The van der Waals surface area contributed by atoms with Crippen LogP contribution in [0.25, 0.3) is 11.1 Å². The number of ketones is 1. The van der Waals surface area contributed by atoms with Crippen LogP contribution >= 0.6 is 0 Å². The molecule has 3 aromatic rings. The topological polar surface area (TPSA) is 81.7 Å². The van der Waals surface area contributed by atoms with Crippen molar-refractivity contribution < 1.29 is 35.9 Å². The second-order valence-electron chi connectivity index (χ2n) is 8.86. The summed E-state index contributed by atoms with van der Waals surface area (Å²) in [7, 11) is -2.46. The molecule has 6 nitrogen and oxygen atoms in total. The highest BCUT2D eigenvalue weighted by Crippen LogP contribution is 2.51. The van der Waals surface area contributed by atoms with Gasteiger partial charge in [-0.2, -0.15) is 13.2 Å². The Morgan fingerprint density at radius 1 is 0.972 bits per heavy atom. The highest BCUT2D eigenvalue weighted by molar-refractivity contribution is 7.89. The summed E-state index contributed by atoms with van der Waals surface area (Å²) in [5.74, 6) is 1.01. The van der Waals surface area contributed by atoms with Gasteiger partial charge in [-0.25, -0.2) is 13.1 Å². The minimum absolute atomic E-state index is 0.0530. The van der Waals surface area contributed by atoms with Gasteiger partial charge in [0.2, 0.25) is 16.8 Å². The van der Waals surface area contributed by atoms with Gasteiger partial charge in [0, 0.05) is 6.42 Å². The van der Waals surface area contributed by atoms with Crippen LogP contribution < -0.4 is 14.2 Å². The second-order valence-corrected chi connectivity index (χ2v) is 10.7. The third kappa shape index (κ3) is 4.35. The number of sulfonamides is 1. The summed E-state index contributed by atoms with van der Waals surface area (Å²) in [5, 5.41) is 0. The standard InChI is InChI=1S/C26H22F3NO5S/c1-30-36(32,33)19-6-3-17(4-7-19)20-8-2-16(12-21(20)26(27,28)29)13-24(31)25(10-11-25)18-5-9-22-23(14-18)35-15-34-22/h2-9,12,14,30H,10-11,13,15H2,1H3. The van der Waals surface area contributed by atoms with Gasteiger partial charge >= 0.3 is 6.18 Å². The number of rotatable bonds is 7. The maximum absolute atomic E-state index is 14.0. The third-order valence-electron chi connectivity index (χ3n) is 6.71. The molecule has 1 aliphatic heterocycles. The number of hydrogen-bond acceptors (Lipinski definition) is 5. The first-order chi connectivity index (χ1) is 17.0. The molecule has 0 radical (unpaired) electrons. The van der Waals surface area contributed by atoms with E-state index in [1.807, 2.05) is 0 Å². The van der Waals surface area contributed by atoms with E-state index in [0.717, 1.165) is 11.6 Å². The summed E-state index contributed by atoms with van der Waals surface area (Å²) < 4.78 is 78.7. The molecule has 188 valence electrons. The van der Waals surface area contributed by atoms with E-state index in [2.05, 4.69) is 4.72 Å². The zero-order chi connectivity index (χ0) is 25.7. The lowest BCUT2D eigenvalue weighted by atomic mass is 9.87. The van der Waals surface area contributed by atoms with Gasteiger partial charge < -0.3 is 9.47 Å². The van der Waals surface area contributed by atoms with Crippen molar-refractivity contribution in [3.05, 3.63) is 77.4 Å². The Hall–Kier alpha value is -3.37. The lowest BCUT2D eigenvalue weighted by Crippen LogP contribution is -2.22. The average Bonchev–Trinajstić information content (AvgIpc) is 3.54.